The van der Waals surface area contributed by atoms with Crippen molar-refractivity contribution in [3.05, 3.63) is 24.0 Å². The van der Waals surface area contributed by atoms with E-state index in [0.717, 1.165) is 6.08 Å². The summed E-state index contributed by atoms with van der Waals surface area (Å²) in [5.41, 5.74) is 0.623. The highest BCUT2D eigenvalue weighted by molar-refractivity contribution is 5.85. The third-order valence-electron chi connectivity index (χ3n) is 2.23. The number of hydrogen-bond acceptors (Lipinski definition) is 5. The van der Waals surface area contributed by atoms with Crippen LogP contribution in [0.25, 0.3) is 6.08 Å². The topological polar surface area (TPSA) is 90.1 Å². The molecule has 1 aromatic heterocycles. The summed E-state index contributed by atoms with van der Waals surface area (Å²) in [5, 5.41) is 17.0. The van der Waals surface area contributed by atoms with E-state index in [9.17, 15) is 4.79 Å². The number of carbonyl (C=O) groups is 1. The van der Waals surface area contributed by atoms with Crippen LogP contribution >= 0.6 is 0 Å². The quantitative estimate of drug-likeness (QED) is 0.761. The Morgan fingerprint density at radius 2 is 2.22 bits per heavy atom. The molecule has 0 radical (unpaired) electrons. The summed E-state index contributed by atoms with van der Waals surface area (Å²) in [4.78, 5) is 20.5. The Hall–Kier alpha value is -2.42. The van der Waals surface area contributed by atoms with Gasteiger partial charge < -0.3 is 10.0 Å². The first kappa shape index (κ1) is 13.6. The normalized spacial score (nSPS) is 10.2. The Kier molecular flexibility index (Phi) is 5.32. The first-order chi connectivity index (χ1) is 8.67. The van der Waals surface area contributed by atoms with Gasteiger partial charge in [-0.1, -0.05) is 0 Å². The van der Waals surface area contributed by atoms with E-state index in [2.05, 4.69) is 16.0 Å². The predicted molar refractivity (Wildman–Crippen MR) is 66.8 cm³/mol. The molecule has 18 heavy (non-hydrogen) atoms. The van der Waals surface area contributed by atoms with Gasteiger partial charge >= 0.3 is 5.97 Å². The van der Waals surface area contributed by atoms with Crippen LogP contribution in [0.4, 0.5) is 5.95 Å². The van der Waals surface area contributed by atoms with Gasteiger partial charge in [0.25, 0.3) is 0 Å². The van der Waals surface area contributed by atoms with Gasteiger partial charge in [-0.2, -0.15) is 5.26 Å². The molecule has 6 nitrogen and oxygen atoms in total. The summed E-state index contributed by atoms with van der Waals surface area (Å²) in [6, 6.07) is 2.07. The van der Waals surface area contributed by atoms with Crippen LogP contribution in [0.1, 0.15) is 18.9 Å². The summed E-state index contributed by atoms with van der Waals surface area (Å²) < 4.78 is 0. The fourth-order valence-corrected chi connectivity index (χ4v) is 1.33. The van der Waals surface area contributed by atoms with Gasteiger partial charge in [-0.25, -0.2) is 14.8 Å². The third-order valence-corrected chi connectivity index (χ3v) is 2.23. The average Bonchev–Trinajstić information content (AvgIpc) is 2.38. The summed E-state index contributed by atoms with van der Waals surface area (Å²) in [6.07, 6.45) is 5.98. The fourth-order valence-electron chi connectivity index (χ4n) is 1.33. The van der Waals surface area contributed by atoms with Gasteiger partial charge in [0.1, 0.15) is 0 Å². The van der Waals surface area contributed by atoms with Crippen molar-refractivity contribution in [3.63, 3.8) is 0 Å². The molecule has 0 aliphatic carbocycles. The molecule has 0 fully saturated rings. The fraction of sp³-hybridized carbons (Fsp3) is 0.333. The minimum absolute atomic E-state index is 0.415. The van der Waals surface area contributed by atoms with Crippen molar-refractivity contribution in [1.29, 1.82) is 5.26 Å². The van der Waals surface area contributed by atoms with Crippen molar-refractivity contribution in [2.75, 3.05) is 18.0 Å². The predicted octanol–water partition coefficient (Wildman–Crippen LogP) is 1.31. The van der Waals surface area contributed by atoms with E-state index in [1.54, 1.807) is 12.4 Å². The van der Waals surface area contributed by atoms with Crippen molar-refractivity contribution in [2.24, 2.45) is 0 Å². The monoisotopic (exact) mass is 246 g/mol. The van der Waals surface area contributed by atoms with Gasteiger partial charge in [0, 0.05) is 37.1 Å². The third kappa shape index (κ3) is 4.22. The first-order valence-corrected chi connectivity index (χ1v) is 5.52. The number of rotatable bonds is 6. The van der Waals surface area contributed by atoms with Crippen LogP contribution in [0.2, 0.25) is 0 Å². The van der Waals surface area contributed by atoms with E-state index in [4.69, 9.17) is 10.4 Å². The molecule has 0 unspecified atom stereocenters. The van der Waals surface area contributed by atoms with Crippen LogP contribution in [0.3, 0.4) is 0 Å². The van der Waals surface area contributed by atoms with Crippen LogP contribution in [-0.2, 0) is 4.79 Å². The highest BCUT2D eigenvalue weighted by atomic mass is 16.4. The molecule has 1 aromatic rings. The molecule has 0 aromatic carbocycles. The van der Waals surface area contributed by atoms with Crippen molar-refractivity contribution < 1.29 is 9.90 Å². The van der Waals surface area contributed by atoms with Gasteiger partial charge in [-0.05, 0) is 13.0 Å². The Bertz CT molecular complexity index is 462. The molecule has 0 bridgehead atoms. The molecule has 0 aliphatic rings. The van der Waals surface area contributed by atoms with Gasteiger partial charge in [-0.15, -0.1) is 0 Å². The number of aliphatic carboxylic acids is 1. The lowest BCUT2D eigenvalue weighted by atomic mass is 10.3. The van der Waals surface area contributed by atoms with Gasteiger partial charge in [0.05, 0.1) is 12.5 Å². The Morgan fingerprint density at radius 1 is 1.56 bits per heavy atom. The zero-order valence-electron chi connectivity index (χ0n) is 10.1. The molecule has 0 saturated carbocycles. The summed E-state index contributed by atoms with van der Waals surface area (Å²) in [7, 11) is 0. The Labute approximate surface area is 105 Å². The summed E-state index contributed by atoms with van der Waals surface area (Å²) in [5.74, 6) is -0.469. The minimum Gasteiger partial charge on any atom is -0.478 e. The number of carboxylic acids is 1. The van der Waals surface area contributed by atoms with Crippen LogP contribution in [0.5, 0.6) is 0 Å². The second-order valence-electron chi connectivity index (χ2n) is 3.48. The first-order valence-electron chi connectivity index (χ1n) is 5.52. The largest absolute Gasteiger partial charge is 0.478 e. The second-order valence-corrected chi connectivity index (χ2v) is 3.48. The maximum Gasteiger partial charge on any atom is 0.328 e. The van der Waals surface area contributed by atoms with Crippen molar-refractivity contribution in [1.82, 2.24) is 9.97 Å². The number of carboxylic acid groups (broad SMARTS) is 1. The van der Waals surface area contributed by atoms with Crippen LogP contribution < -0.4 is 4.90 Å². The van der Waals surface area contributed by atoms with E-state index >= 15 is 0 Å². The van der Waals surface area contributed by atoms with Crippen molar-refractivity contribution in [3.8, 4) is 6.07 Å². The Morgan fingerprint density at radius 3 is 2.72 bits per heavy atom. The molecular formula is C12H14N4O2. The highest BCUT2D eigenvalue weighted by Crippen LogP contribution is 2.08. The molecule has 0 saturated heterocycles. The SMILES string of the molecule is CCN(CCC#N)c1ncc(/C=C/C(=O)O)cn1. The number of anilines is 1. The highest BCUT2D eigenvalue weighted by Gasteiger charge is 2.06. The molecule has 0 aliphatic heterocycles. The van der Waals surface area contributed by atoms with Gasteiger partial charge in [0.2, 0.25) is 5.95 Å². The standard InChI is InChI=1S/C12H14N4O2/c1-2-16(7-3-6-13)12-14-8-10(9-15-12)4-5-11(17)18/h4-5,8-9H,2-3,7H2,1H3,(H,17,18)/b5-4+. The molecule has 1 rings (SSSR count). The van der Waals surface area contributed by atoms with E-state index in [1.165, 1.54) is 6.08 Å². The molecule has 0 amide bonds. The van der Waals surface area contributed by atoms with Crippen LogP contribution in [0, 0.1) is 11.3 Å². The molecule has 1 N–H and O–H groups in total. The molecule has 1 heterocycles. The molecule has 0 atom stereocenters. The summed E-state index contributed by atoms with van der Waals surface area (Å²) >= 11 is 0. The second kappa shape index (κ2) is 7.01. The molecular weight excluding hydrogens is 232 g/mol. The van der Waals surface area contributed by atoms with Crippen molar-refractivity contribution in [2.45, 2.75) is 13.3 Å². The minimum atomic E-state index is -1.01. The molecule has 6 heteroatoms. The van der Waals surface area contributed by atoms with Gasteiger partial charge in [-0.3, -0.25) is 0 Å². The number of aromatic nitrogens is 2. The van der Waals surface area contributed by atoms with Crippen LogP contribution in [0.15, 0.2) is 18.5 Å². The van der Waals surface area contributed by atoms with E-state index < -0.39 is 5.97 Å². The Balaban J connectivity index is 2.74. The van der Waals surface area contributed by atoms with Crippen LogP contribution in [-0.4, -0.2) is 34.1 Å². The lowest BCUT2D eigenvalue weighted by Gasteiger charge is -2.18. The maximum absolute atomic E-state index is 10.3. The van der Waals surface area contributed by atoms with Crippen molar-refractivity contribution >= 4 is 18.0 Å². The van der Waals surface area contributed by atoms with Gasteiger partial charge in [0.15, 0.2) is 0 Å². The van der Waals surface area contributed by atoms with E-state index in [1.807, 2.05) is 11.8 Å². The summed E-state index contributed by atoms with van der Waals surface area (Å²) in [6.45, 7) is 3.25. The number of hydrogen-bond donors (Lipinski definition) is 1. The smallest absolute Gasteiger partial charge is 0.328 e. The maximum atomic E-state index is 10.3. The molecule has 0 spiro atoms. The van der Waals surface area contributed by atoms with E-state index in [-0.39, 0.29) is 0 Å². The lowest BCUT2D eigenvalue weighted by molar-refractivity contribution is -0.131. The average molecular weight is 246 g/mol. The number of nitrogens with zero attached hydrogens (tertiary/aromatic N) is 4. The van der Waals surface area contributed by atoms with E-state index in [0.29, 0.717) is 31.0 Å². The zero-order valence-corrected chi connectivity index (χ0v) is 10.1. The molecule has 94 valence electrons. The zero-order chi connectivity index (χ0) is 13.4. The lowest BCUT2D eigenvalue weighted by Crippen LogP contribution is -2.25. The number of nitriles is 1.